The molecular formula is C24H29N3O2. The number of nitrogens with one attached hydrogen (secondary N) is 2. The number of aromatic amines is 1. The van der Waals surface area contributed by atoms with Gasteiger partial charge in [-0.25, -0.2) is 0 Å². The van der Waals surface area contributed by atoms with Gasteiger partial charge in [0, 0.05) is 28.7 Å². The first-order chi connectivity index (χ1) is 14.1. The number of nitrogens with zero attached hydrogens (tertiary/aromatic N) is 1. The number of H-pyrrole nitrogens is 1. The van der Waals surface area contributed by atoms with Gasteiger partial charge in [0.05, 0.1) is 13.2 Å². The van der Waals surface area contributed by atoms with Gasteiger partial charge in [0.2, 0.25) is 0 Å². The number of amides is 1. The number of ether oxygens (including phenoxy) is 1. The molecule has 2 N–H and O–H groups in total. The molecule has 0 bridgehead atoms. The van der Waals surface area contributed by atoms with Crippen LogP contribution < -0.4 is 10.1 Å². The highest BCUT2D eigenvalue weighted by Crippen LogP contribution is 2.27. The number of aromatic nitrogens is 1. The van der Waals surface area contributed by atoms with Crippen LogP contribution >= 0.6 is 0 Å². The first-order valence-electron chi connectivity index (χ1n) is 10.3. The van der Waals surface area contributed by atoms with E-state index in [1.54, 1.807) is 7.11 Å². The molecule has 29 heavy (non-hydrogen) atoms. The number of methoxy groups -OCH3 is 1. The maximum atomic E-state index is 12.9. The van der Waals surface area contributed by atoms with Crippen molar-refractivity contribution in [3.8, 4) is 5.75 Å². The van der Waals surface area contributed by atoms with E-state index in [9.17, 15) is 4.79 Å². The lowest BCUT2D eigenvalue weighted by atomic mass is 10.0. The van der Waals surface area contributed by atoms with Crippen LogP contribution in [-0.4, -0.2) is 42.5 Å². The van der Waals surface area contributed by atoms with E-state index < -0.39 is 0 Å². The SMILES string of the molecule is COc1ccc(C(CNC(=O)c2ccc3[nH]c(C)c(C)c3c2)N2CCCC2)cc1. The first-order valence-corrected chi connectivity index (χ1v) is 10.3. The van der Waals surface area contributed by atoms with E-state index in [4.69, 9.17) is 4.74 Å². The average molecular weight is 392 g/mol. The van der Waals surface area contributed by atoms with Gasteiger partial charge in [-0.1, -0.05) is 12.1 Å². The number of rotatable bonds is 6. The summed E-state index contributed by atoms with van der Waals surface area (Å²) >= 11 is 0. The van der Waals surface area contributed by atoms with Crippen molar-refractivity contribution < 1.29 is 9.53 Å². The fraction of sp³-hybridized carbons (Fsp3) is 0.375. The van der Waals surface area contributed by atoms with Crippen molar-refractivity contribution in [1.29, 1.82) is 0 Å². The molecule has 1 atom stereocenters. The molecule has 0 saturated carbocycles. The summed E-state index contributed by atoms with van der Waals surface area (Å²) in [5, 5.41) is 4.28. The van der Waals surface area contributed by atoms with Gasteiger partial charge in [0.25, 0.3) is 5.91 Å². The molecule has 5 heteroatoms. The second-order valence-electron chi connectivity index (χ2n) is 7.88. The molecule has 1 saturated heterocycles. The molecule has 1 amide bonds. The van der Waals surface area contributed by atoms with Crippen molar-refractivity contribution in [2.24, 2.45) is 0 Å². The predicted molar refractivity (Wildman–Crippen MR) is 117 cm³/mol. The maximum Gasteiger partial charge on any atom is 0.251 e. The highest BCUT2D eigenvalue weighted by molar-refractivity contribution is 5.99. The summed E-state index contributed by atoms with van der Waals surface area (Å²) in [4.78, 5) is 18.7. The molecule has 2 aromatic carbocycles. The van der Waals surface area contributed by atoms with Crippen LogP contribution in [0.25, 0.3) is 10.9 Å². The number of carbonyl (C=O) groups is 1. The summed E-state index contributed by atoms with van der Waals surface area (Å²) in [6.45, 7) is 6.88. The van der Waals surface area contributed by atoms with Crippen molar-refractivity contribution in [2.45, 2.75) is 32.7 Å². The van der Waals surface area contributed by atoms with Crippen molar-refractivity contribution >= 4 is 16.8 Å². The van der Waals surface area contributed by atoms with Crippen molar-refractivity contribution in [1.82, 2.24) is 15.2 Å². The Bertz CT molecular complexity index is 1000. The molecule has 1 fully saturated rings. The molecule has 1 aliphatic heterocycles. The molecule has 5 nitrogen and oxygen atoms in total. The fourth-order valence-corrected chi connectivity index (χ4v) is 4.23. The summed E-state index contributed by atoms with van der Waals surface area (Å²) < 4.78 is 5.29. The number of hydrogen-bond donors (Lipinski definition) is 2. The standard InChI is InChI=1S/C24H29N3O2/c1-16-17(2)26-22-11-8-19(14-21(16)22)24(28)25-15-23(27-12-4-5-13-27)18-6-9-20(29-3)10-7-18/h6-11,14,23,26H,4-5,12-13,15H2,1-3H3,(H,25,28). The number of carbonyl (C=O) groups excluding carboxylic acids is 1. The zero-order valence-electron chi connectivity index (χ0n) is 17.4. The quantitative estimate of drug-likeness (QED) is 0.656. The largest absolute Gasteiger partial charge is 0.497 e. The topological polar surface area (TPSA) is 57.4 Å². The number of aryl methyl sites for hydroxylation is 2. The van der Waals surface area contributed by atoms with Gasteiger partial charge in [0.15, 0.2) is 0 Å². The number of fused-ring (bicyclic) bond motifs is 1. The van der Waals surface area contributed by atoms with E-state index in [1.807, 2.05) is 30.3 Å². The molecule has 0 spiro atoms. The fourth-order valence-electron chi connectivity index (χ4n) is 4.23. The van der Waals surface area contributed by atoms with Gasteiger partial charge in [-0.15, -0.1) is 0 Å². The summed E-state index contributed by atoms with van der Waals surface area (Å²) in [5.74, 6) is 0.825. The number of likely N-dealkylation sites (tertiary alicyclic amines) is 1. The molecule has 1 aromatic heterocycles. The third-order valence-electron chi connectivity index (χ3n) is 6.11. The van der Waals surface area contributed by atoms with E-state index in [0.29, 0.717) is 12.1 Å². The van der Waals surface area contributed by atoms with E-state index in [0.717, 1.165) is 35.4 Å². The lowest BCUT2D eigenvalue weighted by Crippen LogP contribution is -2.36. The molecule has 0 aliphatic carbocycles. The zero-order valence-corrected chi connectivity index (χ0v) is 17.4. The predicted octanol–water partition coefficient (Wildman–Crippen LogP) is 4.36. The monoisotopic (exact) mass is 391 g/mol. The molecule has 2 heterocycles. The minimum atomic E-state index is -0.0251. The Morgan fingerprint density at radius 1 is 1.14 bits per heavy atom. The molecular weight excluding hydrogens is 362 g/mol. The van der Waals surface area contributed by atoms with Gasteiger partial charge >= 0.3 is 0 Å². The second kappa shape index (κ2) is 8.29. The van der Waals surface area contributed by atoms with Gasteiger partial charge < -0.3 is 15.0 Å². The lowest BCUT2D eigenvalue weighted by Gasteiger charge is -2.28. The minimum absolute atomic E-state index is 0.0251. The van der Waals surface area contributed by atoms with E-state index >= 15 is 0 Å². The first kappa shape index (κ1) is 19.5. The number of hydrogen-bond acceptors (Lipinski definition) is 3. The summed E-state index contributed by atoms with van der Waals surface area (Å²) in [7, 11) is 1.68. The van der Waals surface area contributed by atoms with Crippen LogP contribution in [0.2, 0.25) is 0 Å². The Balaban J connectivity index is 1.51. The molecule has 0 radical (unpaired) electrons. The van der Waals surface area contributed by atoms with E-state index in [2.05, 4.69) is 41.2 Å². The third kappa shape index (κ3) is 4.01. The third-order valence-corrected chi connectivity index (χ3v) is 6.11. The van der Waals surface area contributed by atoms with E-state index in [-0.39, 0.29) is 11.9 Å². The molecule has 1 unspecified atom stereocenters. The van der Waals surface area contributed by atoms with Gasteiger partial charge in [0.1, 0.15) is 5.75 Å². The maximum absolute atomic E-state index is 12.9. The lowest BCUT2D eigenvalue weighted by molar-refractivity contribution is 0.0938. The van der Waals surface area contributed by atoms with Crippen LogP contribution in [-0.2, 0) is 0 Å². The summed E-state index contributed by atoms with van der Waals surface area (Å²) in [6, 6.07) is 14.2. The minimum Gasteiger partial charge on any atom is -0.497 e. The van der Waals surface area contributed by atoms with Crippen molar-refractivity contribution in [3.05, 3.63) is 64.8 Å². The second-order valence-corrected chi connectivity index (χ2v) is 7.88. The highest BCUT2D eigenvalue weighted by atomic mass is 16.5. The van der Waals surface area contributed by atoms with Crippen LogP contribution in [0.3, 0.4) is 0 Å². The van der Waals surface area contributed by atoms with Gasteiger partial charge in [-0.3, -0.25) is 9.69 Å². The summed E-state index contributed by atoms with van der Waals surface area (Å²) in [6.07, 6.45) is 2.42. The molecule has 152 valence electrons. The van der Waals surface area contributed by atoms with E-state index in [1.165, 1.54) is 24.0 Å². The van der Waals surface area contributed by atoms with Crippen LogP contribution in [0, 0.1) is 13.8 Å². The van der Waals surface area contributed by atoms with Gasteiger partial charge in [-0.05, 0) is 81.2 Å². The molecule has 3 aromatic rings. The average Bonchev–Trinajstić information content (AvgIpc) is 3.37. The molecule has 1 aliphatic rings. The van der Waals surface area contributed by atoms with Crippen LogP contribution in [0.5, 0.6) is 5.75 Å². The Morgan fingerprint density at radius 3 is 2.55 bits per heavy atom. The van der Waals surface area contributed by atoms with Crippen LogP contribution in [0.4, 0.5) is 0 Å². The van der Waals surface area contributed by atoms with Crippen molar-refractivity contribution in [3.63, 3.8) is 0 Å². The highest BCUT2D eigenvalue weighted by Gasteiger charge is 2.24. The van der Waals surface area contributed by atoms with Gasteiger partial charge in [-0.2, -0.15) is 0 Å². The smallest absolute Gasteiger partial charge is 0.251 e. The Morgan fingerprint density at radius 2 is 1.86 bits per heavy atom. The zero-order chi connectivity index (χ0) is 20.4. The number of benzene rings is 2. The Hall–Kier alpha value is -2.79. The van der Waals surface area contributed by atoms with Crippen LogP contribution in [0.1, 0.15) is 46.1 Å². The van der Waals surface area contributed by atoms with Crippen molar-refractivity contribution in [2.75, 3.05) is 26.7 Å². The Kier molecular flexibility index (Phi) is 5.58. The normalized spacial score (nSPS) is 15.6. The van der Waals surface area contributed by atoms with Crippen LogP contribution in [0.15, 0.2) is 42.5 Å². The molecule has 4 rings (SSSR count). The summed E-state index contributed by atoms with van der Waals surface area (Å²) in [5.41, 5.74) is 5.33. The Labute approximate surface area is 172 Å².